The number of halogens is 1. The third kappa shape index (κ3) is 3.85. The fourth-order valence-corrected chi connectivity index (χ4v) is 2.51. The normalized spacial score (nSPS) is 10.6. The monoisotopic (exact) mass is 293 g/mol. The fraction of sp³-hybridized carbons (Fsp3) is 0.286. The summed E-state index contributed by atoms with van der Waals surface area (Å²) in [7, 11) is 0. The molecule has 0 bridgehead atoms. The number of nitrogens with zero attached hydrogens (tertiary/aromatic N) is 1. The number of carbonyl (C=O) groups is 1. The van der Waals surface area contributed by atoms with Gasteiger partial charge in [-0.15, -0.1) is 11.3 Å². The van der Waals surface area contributed by atoms with Crippen molar-refractivity contribution in [1.29, 1.82) is 0 Å². The van der Waals surface area contributed by atoms with E-state index in [1.807, 2.05) is 5.38 Å². The lowest BCUT2D eigenvalue weighted by atomic mass is 10.1. The lowest BCUT2D eigenvalue weighted by Crippen LogP contribution is -2.16. The second-order valence-electron chi connectivity index (χ2n) is 4.49. The molecule has 0 aliphatic rings. The van der Waals surface area contributed by atoms with Crippen LogP contribution in [0.3, 0.4) is 0 Å². The maximum atomic E-state index is 13.2. The number of thiazole rings is 1. The lowest BCUT2D eigenvalue weighted by molar-refractivity contribution is -0.116. The van der Waals surface area contributed by atoms with Crippen molar-refractivity contribution in [3.8, 4) is 0 Å². The Morgan fingerprint density at radius 2 is 2.30 bits per heavy atom. The number of anilines is 1. The van der Waals surface area contributed by atoms with Gasteiger partial charge in [-0.2, -0.15) is 0 Å². The van der Waals surface area contributed by atoms with Crippen LogP contribution in [0.2, 0.25) is 0 Å². The van der Waals surface area contributed by atoms with E-state index in [1.165, 1.54) is 17.4 Å². The van der Waals surface area contributed by atoms with Crippen LogP contribution in [0.1, 0.15) is 23.2 Å². The van der Waals surface area contributed by atoms with Gasteiger partial charge in [-0.1, -0.05) is 12.1 Å². The van der Waals surface area contributed by atoms with Crippen molar-refractivity contribution >= 4 is 22.4 Å². The Bertz CT molecular complexity index is 612. The maximum Gasteiger partial charge on any atom is 0.227 e. The average Bonchev–Trinajstić information content (AvgIpc) is 2.81. The van der Waals surface area contributed by atoms with Crippen LogP contribution in [-0.4, -0.2) is 17.4 Å². The van der Waals surface area contributed by atoms with E-state index in [2.05, 4.69) is 10.3 Å². The minimum Gasteiger partial charge on any atom is -0.330 e. The van der Waals surface area contributed by atoms with E-state index in [9.17, 15) is 9.18 Å². The molecule has 1 aromatic carbocycles. The van der Waals surface area contributed by atoms with Crippen molar-refractivity contribution in [1.82, 2.24) is 4.98 Å². The summed E-state index contributed by atoms with van der Waals surface area (Å²) in [6, 6.07) is 5.01. The highest BCUT2D eigenvalue weighted by molar-refractivity contribution is 7.13. The third-order valence-electron chi connectivity index (χ3n) is 2.78. The second kappa shape index (κ2) is 6.58. The van der Waals surface area contributed by atoms with E-state index in [0.29, 0.717) is 23.7 Å². The number of aromatic nitrogens is 1. The van der Waals surface area contributed by atoms with Crippen molar-refractivity contribution in [3.05, 3.63) is 46.2 Å². The van der Waals surface area contributed by atoms with Gasteiger partial charge in [-0.05, 0) is 24.1 Å². The van der Waals surface area contributed by atoms with E-state index in [-0.39, 0.29) is 18.1 Å². The third-order valence-corrected chi connectivity index (χ3v) is 3.58. The van der Waals surface area contributed by atoms with Crippen molar-refractivity contribution in [3.63, 3.8) is 0 Å². The van der Waals surface area contributed by atoms with Gasteiger partial charge in [0.05, 0.1) is 5.69 Å². The van der Waals surface area contributed by atoms with Gasteiger partial charge in [0.2, 0.25) is 5.91 Å². The summed E-state index contributed by atoms with van der Waals surface area (Å²) >= 11 is 1.37. The molecule has 2 rings (SSSR count). The van der Waals surface area contributed by atoms with Crippen molar-refractivity contribution in [2.45, 2.75) is 19.8 Å². The van der Waals surface area contributed by atoms with Gasteiger partial charge in [-0.25, -0.2) is 9.37 Å². The van der Waals surface area contributed by atoms with Gasteiger partial charge < -0.3 is 11.1 Å². The Morgan fingerprint density at radius 1 is 1.50 bits per heavy atom. The molecule has 2 aromatic rings. The topological polar surface area (TPSA) is 68.0 Å². The van der Waals surface area contributed by atoms with Gasteiger partial charge in [0, 0.05) is 24.8 Å². The van der Waals surface area contributed by atoms with Crippen LogP contribution in [0.5, 0.6) is 0 Å². The predicted molar refractivity (Wildman–Crippen MR) is 78.4 cm³/mol. The molecule has 0 fully saturated rings. The highest BCUT2D eigenvalue weighted by Crippen LogP contribution is 2.19. The summed E-state index contributed by atoms with van der Waals surface area (Å²) in [4.78, 5) is 15.7. The number of aryl methyl sites for hydroxylation is 1. The first kappa shape index (κ1) is 14.6. The molecule has 106 valence electrons. The fourth-order valence-electron chi connectivity index (χ4n) is 1.78. The first-order valence-corrected chi connectivity index (χ1v) is 7.16. The molecule has 4 nitrogen and oxygen atoms in total. The zero-order valence-electron chi connectivity index (χ0n) is 11.1. The molecule has 0 aliphatic heterocycles. The lowest BCUT2D eigenvalue weighted by Gasteiger charge is -2.01. The molecular formula is C14H16FN3OS. The van der Waals surface area contributed by atoms with Crippen LogP contribution >= 0.6 is 11.3 Å². The number of nitrogens with two attached hydrogens (primary N) is 1. The van der Waals surface area contributed by atoms with E-state index in [4.69, 9.17) is 5.73 Å². The molecular weight excluding hydrogens is 277 g/mol. The van der Waals surface area contributed by atoms with Crippen LogP contribution < -0.4 is 11.1 Å². The van der Waals surface area contributed by atoms with Crippen LogP contribution in [0.4, 0.5) is 9.52 Å². The minimum atomic E-state index is -0.207. The smallest absolute Gasteiger partial charge is 0.227 e. The van der Waals surface area contributed by atoms with Crippen molar-refractivity contribution in [2.75, 3.05) is 11.9 Å². The summed E-state index contributed by atoms with van der Waals surface area (Å²) in [5.41, 5.74) is 7.77. The molecule has 6 heteroatoms. The van der Waals surface area contributed by atoms with Crippen LogP contribution in [0.15, 0.2) is 23.6 Å². The highest BCUT2D eigenvalue weighted by atomic mass is 32.1. The Hall–Kier alpha value is -1.79. The molecule has 1 aromatic heterocycles. The molecule has 20 heavy (non-hydrogen) atoms. The average molecular weight is 293 g/mol. The zero-order valence-corrected chi connectivity index (χ0v) is 12.0. The quantitative estimate of drug-likeness (QED) is 0.890. The van der Waals surface area contributed by atoms with E-state index in [0.717, 1.165) is 11.3 Å². The van der Waals surface area contributed by atoms with Gasteiger partial charge in [0.15, 0.2) is 5.13 Å². The minimum absolute atomic E-state index is 0.133. The summed E-state index contributed by atoms with van der Waals surface area (Å²) < 4.78 is 13.2. The van der Waals surface area contributed by atoms with Crippen LogP contribution in [0, 0.1) is 12.7 Å². The number of hydrogen-bond donors (Lipinski definition) is 2. The first-order valence-electron chi connectivity index (χ1n) is 6.28. The molecule has 3 N–H and O–H groups in total. The summed E-state index contributed by atoms with van der Waals surface area (Å²) in [5, 5.41) is 5.15. The molecule has 1 amide bonds. The van der Waals surface area contributed by atoms with Crippen molar-refractivity contribution < 1.29 is 9.18 Å². The molecule has 0 saturated carbocycles. The number of rotatable bonds is 5. The van der Waals surface area contributed by atoms with Crippen LogP contribution in [-0.2, 0) is 11.2 Å². The Kier molecular flexibility index (Phi) is 4.81. The van der Waals surface area contributed by atoms with E-state index in [1.54, 1.807) is 19.1 Å². The van der Waals surface area contributed by atoms with Gasteiger partial charge in [0.25, 0.3) is 0 Å². The molecule has 0 spiro atoms. The van der Waals surface area contributed by atoms with Gasteiger partial charge >= 0.3 is 0 Å². The molecule has 0 atom stereocenters. The summed E-state index contributed by atoms with van der Waals surface area (Å²) in [6.07, 6.45) is 0.899. The number of benzene rings is 1. The maximum absolute atomic E-state index is 13.2. The van der Waals surface area contributed by atoms with Crippen LogP contribution in [0.25, 0.3) is 0 Å². The molecule has 0 aliphatic carbocycles. The second-order valence-corrected chi connectivity index (χ2v) is 5.35. The summed E-state index contributed by atoms with van der Waals surface area (Å²) in [6.45, 7) is 2.05. The van der Waals surface area contributed by atoms with Gasteiger partial charge in [-0.3, -0.25) is 4.79 Å². The number of carbonyl (C=O) groups excluding carboxylic acids is 1. The molecule has 0 unspecified atom stereocenters. The molecule has 0 saturated heterocycles. The molecule has 0 radical (unpaired) electrons. The van der Waals surface area contributed by atoms with E-state index >= 15 is 0 Å². The van der Waals surface area contributed by atoms with E-state index < -0.39 is 0 Å². The van der Waals surface area contributed by atoms with Gasteiger partial charge in [0.1, 0.15) is 5.82 Å². The first-order chi connectivity index (χ1) is 9.58. The number of hydrogen-bond acceptors (Lipinski definition) is 4. The zero-order chi connectivity index (χ0) is 14.5. The number of amides is 1. The largest absolute Gasteiger partial charge is 0.330 e. The van der Waals surface area contributed by atoms with Crippen molar-refractivity contribution in [2.24, 2.45) is 5.73 Å². The standard InChI is InChI=1S/C14H16FN3OS/c1-9-6-10(2-3-12(9)15)7-11-8-20-14(17-11)18-13(19)4-5-16/h2-3,6,8H,4-5,7,16H2,1H3,(H,17,18,19). The molecule has 1 heterocycles. The Morgan fingerprint density at radius 3 is 3.00 bits per heavy atom. The predicted octanol–water partition coefficient (Wildman–Crippen LogP) is 2.47. The SMILES string of the molecule is Cc1cc(Cc2csc(NC(=O)CCN)n2)ccc1F. The Balaban J connectivity index is 2.02. The number of nitrogens with one attached hydrogen (secondary N) is 1. The highest BCUT2D eigenvalue weighted by Gasteiger charge is 2.07. The summed E-state index contributed by atoms with van der Waals surface area (Å²) in [5.74, 6) is -0.340. The Labute approximate surface area is 120 Å².